The van der Waals surface area contributed by atoms with Crippen LogP contribution in [0.25, 0.3) is 0 Å². The van der Waals surface area contributed by atoms with Crippen LogP contribution in [-0.2, 0) is 4.79 Å². The number of hydrogen-bond acceptors (Lipinski definition) is 2. The zero-order chi connectivity index (χ0) is 9.40. The maximum atomic E-state index is 10.5. The van der Waals surface area contributed by atoms with Crippen molar-refractivity contribution in [2.24, 2.45) is 4.99 Å². The van der Waals surface area contributed by atoms with Gasteiger partial charge in [0, 0.05) is 19.7 Å². The molecule has 3 heteroatoms. The van der Waals surface area contributed by atoms with Crippen LogP contribution in [0.4, 0.5) is 0 Å². The van der Waals surface area contributed by atoms with Crippen molar-refractivity contribution < 1.29 is 4.79 Å². The van der Waals surface area contributed by atoms with Gasteiger partial charge in [-0.2, -0.15) is 0 Å². The highest BCUT2D eigenvalue weighted by Gasteiger charge is 1.92. The molecule has 0 rings (SSSR count). The minimum atomic E-state index is -0.0232. The molecule has 0 aromatic carbocycles. The molecule has 12 heavy (non-hydrogen) atoms. The van der Waals surface area contributed by atoms with Gasteiger partial charge < -0.3 is 5.32 Å². The van der Waals surface area contributed by atoms with Crippen molar-refractivity contribution in [2.75, 3.05) is 6.54 Å². The lowest BCUT2D eigenvalue weighted by Crippen LogP contribution is -2.20. The van der Waals surface area contributed by atoms with E-state index in [9.17, 15) is 4.79 Å². The standard InChI is InChI=1S/C9H14N2O/c1-4-9(7-10-3)5-6-11-8(2)12/h4,7H,1,3,5-6H2,2H3,(H,11,12)/b9-7+. The van der Waals surface area contributed by atoms with Gasteiger partial charge in [-0.15, -0.1) is 0 Å². The number of carbonyl (C=O) groups is 1. The predicted octanol–water partition coefficient (Wildman–Crippen LogP) is 1.28. The minimum absolute atomic E-state index is 0.0232. The Morgan fingerprint density at radius 3 is 2.75 bits per heavy atom. The van der Waals surface area contributed by atoms with E-state index in [-0.39, 0.29) is 5.91 Å². The van der Waals surface area contributed by atoms with Crippen LogP contribution in [-0.4, -0.2) is 19.2 Å². The van der Waals surface area contributed by atoms with Gasteiger partial charge in [-0.1, -0.05) is 12.7 Å². The summed E-state index contributed by atoms with van der Waals surface area (Å²) in [6, 6.07) is 0. The van der Waals surface area contributed by atoms with Gasteiger partial charge in [0.15, 0.2) is 0 Å². The zero-order valence-electron chi connectivity index (χ0n) is 7.34. The second-order valence-electron chi connectivity index (χ2n) is 2.32. The van der Waals surface area contributed by atoms with Gasteiger partial charge in [0.1, 0.15) is 0 Å². The number of hydrogen-bond donors (Lipinski definition) is 1. The number of nitrogens with zero attached hydrogens (tertiary/aromatic N) is 1. The fourth-order valence-electron chi connectivity index (χ4n) is 0.719. The van der Waals surface area contributed by atoms with Crippen LogP contribution in [0.1, 0.15) is 13.3 Å². The molecule has 0 aliphatic carbocycles. The summed E-state index contributed by atoms with van der Waals surface area (Å²) in [5.74, 6) is -0.0232. The van der Waals surface area contributed by atoms with E-state index in [1.54, 1.807) is 12.3 Å². The van der Waals surface area contributed by atoms with E-state index < -0.39 is 0 Å². The molecule has 0 aromatic rings. The molecule has 0 saturated carbocycles. The summed E-state index contributed by atoms with van der Waals surface area (Å²) in [5.41, 5.74) is 0.971. The SMILES string of the molecule is C=C/C(=C\N=C)CCNC(C)=O. The molecule has 0 aromatic heterocycles. The molecule has 0 atom stereocenters. The van der Waals surface area contributed by atoms with E-state index in [1.165, 1.54) is 6.92 Å². The molecule has 1 N–H and O–H groups in total. The van der Waals surface area contributed by atoms with Crippen LogP contribution < -0.4 is 5.32 Å². The quantitative estimate of drug-likeness (QED) is 0.485. The minimum Gasteiger partial charge on any atom is -0.356 e. The summed E-state index contributed by atoms with van der Waals surface area (Å²) in [6.07, 6.45) is 4.08. The Balaban J connectivity index is 3.73. The van der Waals surface area contributed by atoms with Crippen molar-refractivity contribution in [1.82, 2.24) is 5.32 Å². The predicted molar refractivity (Wildman–Crippen MR) is 51.1 cm³/mol. The molecule has 0 fully saturated rings. The van der Waals surface area contributed by atoms with Crippen LogP contribution in [0.15, 0.2) is 29.4 Å². The number of carbonyl (C=O) groups excluding carboxylic acids is 1. The first-order valence-corrected chi connectivity index (χ1v) is 3.72. The van der Waals surface area contributed by atoms with E-state index in [1.807, 2.05) is 0 Å². The average molecular weight is 166 g/mol. The van der Waals surface area contributed by atoms with E-state index >= 15 is 0 Å². The number of rotatable bonds is 5. The summed E-state index contributed by atoms with van der Waals surface area (Å²) >= 11 is 0. The van der Waals surface area contributed by atoms with Gasteiger partial charge in [0.2, 0.25) is 5.91 Å². The van der Waals surface area contributed by atoms with Crippen molar-refractivity contribution >= 4 is 12.6 Å². The van der Waals surface area contributed by atoms with Crippen LogP contribution >= 0.6 is 0 Å². The highest BCUT2D eigenvalue weighted by molar-refractivity contribution is 5.72. The zero-order valence-corrected chi connectivity index (χ0v) is 7.34. The molecule has 0 unspecified atom stereocenters. The van der Waals surface area contributed by atoms with Crippen LogP contribution in [0.3, 0.4) is 0 Å². The van der Waals surface area contributed by atoms with Gasteiger partial charge in [0.05, 0.1) is 0 Å². The topological polar surface area (TPSA) is 41.5 Å². The first-order chi connectivity index (χ1) is 5.70. The van der Waals surface area contributed by atoms with Crippen molar-refractivity contribution in [3.63, 3.8) is 0 Å². The Kier molecular flexibility index (Phi) is 5.61. The van der Waals surface area contributed by atoms with E-state index in [4.69, 9.17) is 0 Å². The maximum Gasteiger partial charge on any atom is 0.216 e. The molecule has 0 aliphatic rings. The first kappa shape index (κ1) is 10.6. The molecule has 3 nitrogen and oxygen atoms in total. The number of amides is 1. The fourth-order valence-corrected chi connectivity index (χ4v) is 0.719. The second kappa shape index (κ2) is 6.34. The smallest absolute Gasteiger partial charge is 0.216 e. The van der Waals surface area contributed by atoms with E-state index in [0.29, 0.717) is 6.54 Å². The molecular formula is C9H14N2O. The third kappa shape index (κ3) is 5.41. The lowest BCUT2D eigenvalue weighted by atomic mass is 10.2. The Labute approximate surface area is 72.9 Å². The number of aliphatic imine (C=N–C) groups is 1. The van der Waals surface area contributed by atoms with Crippen LogP contribution in [0.2, 0.25) is 0 Å². The monoisotopic (exact) mass is 166 g/mol. The number of nitrogens with one attached hydrogen (secondary N) is 1. The lowest BCUT2D eigenvalue weighted by Gasteiger charge is -2.01. The normalized spacial score (nSPS) is 10.6. The van der Waals surface area contributed by atoms with Crippen LogP contribution in [0, 0.1) is 0 Å². The summed E-state index contributed by atoms with van der Waals surface area (Å²) in [6.45, 7) is 9.04. The second-order valence-corrected chi connectivity index (χ2v) is 2.32. The van der Waals surface area contributed by atoms with Gasteiger partial charge in [-0.25, -0.2) is 0 Å². The van der Waals surface area contributed by atoms with Gasteiger partial charge in [0.25, 0.3) is 0 Å². The summed E-state index contributed by atoms with van der Waals surface area (Å²) in [4.78, 5) is 14.1. The highest BCUT2D eigenvalue weighted by Crippen LogP contribution is 2.00. The number of allylic oxidation sites excluding steroid dienone is 1. The maximum absolute atomic E-state index is 10.5. The van der Waals surface area contributed by atoms with Crippen molar-refractivity contribution in [2.45, 2.75) is 13.3 Å². The molecule has 0 spiro atoms. The third-order valence-corrected chi connectivity index (χ3v) is 1.31. The van der Waals surface area contributed by atoms with Gasteiger partial charge in [-0.05, 0) is 18.7 Å². The van der Waals surface area contributed by atoms with Crippen LogP contribution in [0.5, 0.6) is 0 Å². The van der Waals surface area contributed by atoms with E-state index in [2.05, 4.69) is 23.6 Å². The summed E-state index contributed by atoms with van der Waals surface area (Å²) < 4.78 is 0. The Morgan fingerprint density at radius 1 is 1.67 bits per heavy atom. The van der Waals surface area contributed by atoms with Crippen molar-refractivity contribution in [3.05, 3.63) is 24.4 Å². The Morgan fingerprint density at radius 2 is 2.33 bits per heavy atom. The molecule has 0 aliphatic heterocycles. The highest BCUT2D eigenvalue weighted by atomic mass is 16.1. The summed E-state index contributed by atoms with van der Waals surface area (Å²) in [5, 5.41) is 2.68. The largest absolute Gasteiger partial charge is 0.356 e. The van der Waals surface area contributed by atoms with E-state index in [0.717, 1.165) is 12.0 Å². The average Bonchev–Trinajstić information content (AvgIpc) is 2.02. The summed E-state index contributed by atoms with van der Waals surface area (Å²) in [7, 11) is 0. The molecule has 0 bridgehead atoms. The van der Waals surface area contributed by atoms with Crippen molar-refractivity contribution in [1.29, 1.82) is 0 Å². The molecule has 0 saturated heterocycles. The molecule has 1 amide bonds. The third-order valence-electron chi connectivity index (χ3n) is 1.31. The first-order valence-electron chi connectivity index (χ1n) is 3.72. The Hall–Kier alpha value is -1.38. The Bertz CT molecular complexity index is 207. The van der Waals surface area contributed by atoms with Crippen molar-refractivity contribution in [3.8, 4) is 0 Å². The van der Waals surface area contributed by atoms with Gasteiger partial charge >= 0.3 is 0 Å². The fraction of sp³-hybridized carbons (Fsp3) is 0.333. The molecule has 66 valence electrons. The molecule has 0 heterocycles. The molecular weight excluding hydrogens is 152 g/mol. The van der Waals surface area contributed by atoms with Gasteiger partial charge in [-0.3, -0.25) is 9.79 Å². The molecule has 0 radical (unpaired) electrons. The lowest BCUT2D eigenvalue weighted by molar-refractivity contribution is -0.118.